The second-order valence-corrected chi connectivity index (χ2v) is 7.02. The molecule has 0 aliphatic carbocycles. The van der Waals surface area contributed by atoms with Crippen LogP contribution in [0.2, 0.25) is 0 Å². The van der Waals surface area contributed by atoms with Gasteiger partial charge in [-0.2, -0.15) is 8.42 Å². The van der Waals surface area contributed by atoms with Crippen LogP contribution in [0.4, 0.5) is 0 Å². The van der Waals surface area contributed by atoms with Crippen molar-refractivity contribution in [2.45, 2.75) is 63.4 Å². The standard InChI is InChI=1S/C16H26O4S/c1-3-4-5-6-7-8-15(17)13-20-21(18,19)16-11-9-14(2)10-12-16/h9-12,15,17H,3-8,13H2,1-2H3/t15-/m1/s1. The molecule has 0 unspecified atom stereocenters. The molecule has 0 amide bonds. The van der Waals surface area contributed by atoms with Crippen LogP contribution in [-0.4, -0.2) is 26.2 Å². The van der Waals surface area contributed by atoms with E-state index in [1.54, 1.807) is 12.1 Å². The maximum atomic E-state index is 11.9. The number of benzene rings is 1. The molecule has 0 spiro atoms. The van der Waals surface area contributed by atoms with Crippen LogP contribution >= 0.6 is 0 Å². The Kier molecular flexibility index (Phi) is 7.93. The fourth-order valence-corrected chi connectivity index (χ4v) is 2.95. The van der Waals surface area contributed by atoms with E-state index in [1.807, 2.05) is 6.92 Å². The third kappa shape index (κ3) is 7.07. The lowest BCUT2D eigenvalue weighted by Crippen LogP contribution is -2.19. The zero-order chi connectivity index (χ0) is 15.7. The largest absolute Gasteiger partial charge is 0.391 e. The maximum Gasteiger partial charge on any atom is 0.297 e. The molecular weight excluding hydrogens is 288 g/mol. The summed E-state index contributed by atoms with van der Waals surface area (Å²) in [6.07, 6.45) is 5.35. The monoisotopic (exact) mass is 314 g/mol. The lowest BCUT2D eigenvalue weighted by atomic mass is 10.1. The quantitative estimate of drug-likeness (QED) is 0.531. The average molecular weight is 314 g/mol. The Morgan fingerprint density at radius 3 is 2.33 bits per heavy atom. The van der Waals surface area contributed by atoms with Crippen molar-refractivity contribution < 1.29 is 17.7 Å². The lowest BCUT2D eigenvalue weighted by Gasteiger charge is -2.11. The van der Waals surface area contributed by atoms with Crippen LogP contribution in [0, 0.1) is 6.92 Å². The van der Waals surface area contributed by atoms with Gasteiger partial charge in [0.25, 0.3) is 10.1 Å². The predicted molar refractivity (Wildman–Crippen MR) is 83.7 cm³/mol. The Bertz CT molecular complexity index is 494. The molecule has 1 atom stereocenters. The van der Waals surface area contributed by atoms with Gasteiger partial charge in [0.15, 0.2) is 0 Å². The summed E-state index contributed by atoms with van der Waals surface area (Å²) in [5.41, 5.74) is 0.987. The average Bonchev–Trinajstić information content (AvgIpc) is 2.45. The molecular formula is C16H26O4S. The molecule has 0 saturated carbocycles. The first-order chi connectivity index (χ1) is 9.95. The van der Waals surface area contributed by atoms with Crippen LogP contribution in [0.15, 0.2) is 29.2 Å². The number of hydrogen-bond acceptors (Lipinski definition) is 4. The minimum atomic E-state index is -3.77. The van der Waals surface area contributed by atoms with Crippen LogP contribution in [-0.2, 0) is 14.3 Å². The Balaban J connectivity index is 2.34. The number of unbranched alkanes of at least 4 members (excludes halogenated alkanes) is 4. The Labute approximate surface area is 128 Å². The van der Waals surface area contributed by atoms with Gasteiger partial charge in [-0.1, -0.05) is 56.7 Å². The number of hydrogen-bond donors (Lipinski definition) is 1. The Hall–Kier alpha value is -0.910. The van der Waals surface area contributed by atoms with E-state index in [4.69, 9.17) is 4.18 Å². The van der Waals surface area contributed by atoms with Gasteiger partial charge in [-0.05, 0) is 25.5 Å². The zero-order valence-corrected chi connectivity index (χ0v) is 13.7. The van der Waals surface area contributed by atoms with Gasteiger partial charge in [-0.15, -0.1) is 0 Å². The van der Waals surface area contributed by atoms with Gasteiger partial charge in [0.05, 0.1) is 17.6 Å². The highest BCUT2D eigenvalue weighted by atomic mass is 32.2. The highest BCUT2D eigenvalue weighted by molar-refractivity contribution is 7.86. The molecule has 1 aromatic carbocycles. The van der Waals surface area contributed by atoms with Crippen molar-refractivity contribution in [1.82, 2.24) is 0 Å². The molecule has 5 heteroatoms. The number of aliphatic hydroxyl groups is 1. The van der Waals surface area contributed by atoms with E-state index in [9.17, 15) is 13.5 Å². The minimum Gasteiger partial charge on any atom is -0.391 e. The lowest BCUT2D eigenvalue weighted by molar-refractivity contribution is 0.100. The maximum absolute atomic E-state index is 11.9. The Morgan fingerprint density at radius 1 is 1.10 bits per heavy atom. The third-order valence-electron chi connectivity index (χ3n) is 3.37. The molecule has 0 saturated heterocycles. The summed E-state index contributed by atoms with van der Waals surface area (Å²) in [5.74, 6) is 0. The first-order valence-corrected chi connectivity index (χ1v) is 9.00. The highest BCUT2D eigenvalue weighted by Gasteiger charge is 2.17. The topological polar surface area (TPSA) is 63.6 Å². The van der Waals surface area contributed by atoms with Crippen LogP contribution in [0.1, 0.15) is 51.0 Å². The first kappa shape index (κ1) is 18.1. The van der Waals surface area contributed by atoms with Crippen molar-refractivity contribution in [2.75, 3.05) is 6.61 Å². The van der Waals surface area contributed by atoms with Crippen LogP contribution in [0.25, 0.3) is 0 Å². The minimum absolute atomic E-state index is 0.128. The molecule has 1 N–H and O–H groups in total. The van der Waals surface area contributed by atoms with Gasteiger partial charge in [-0.3, -0.25) is 4.18 Å². The van der Waals surface area contributed by atoms with Crippen molar-refractivity contribution in [3.8, 4) is 0 Å². The SMILES string of the molecule is CCCCCCC[C@@H](O)COS(=O)(=O)c1ccc(C)cc1. The van der Waals surface area contributed by atoms with E-state index in [0.29, 0.717) is 6.42 Å². The first-order valence-electron chi connectivity index (χ1n) is 7.60. The summed E-state index contributed by atoms with van der Waals surface area (Å²) in [4.78, 5) is 0.128. The molecule has 21 heavy (non-hydrogen) atoms. The van der Waals surface area contributed by atoms with E-state index in [2.05, 4.69) is 6.92 Å². The fraction of sp³-hybridized carbons (Fsp3) is 0.625. The molecule has 0 heterocycles. The van der Waals surface area contributed by atoms with Gasteiger partial charge in [0.2, 0.25) is 0 Å². The Morgan fingerprint density at radius 2 is 1.71 bits per heavy atom. The van der Waals surface area contributed by atoms with Crippen LogP contribution < -0.4 is 0 Å². The van der Waals surface area contributed by atoms with Crippen molar-refractivity contribution in [3.63, 3.8) is 0 Å². The molecule has 0 fully saturated rings. The van der Waals surface area contributed by atoms with Gasteiger partial charge >= 0.3 is 0 Å². The molecule has 120 valence electrons. The van der Waals surface area contributed by atoms with E-state index >= 15 is 0 Å². The van der Waals surface area contributed by atoms with Crippen molar-refractivity contribution in [2.24, 2.45) is 0 Å². The van der Waals surface area contributed by atoms with Crippen molar-refractivity contribution >= 4 is 10.1 Å². The number of aryl methyl sites for hydroxylation is 1. The van der Waals surface area contributed by atoms with Gasteiger partial charge in [-0.25, -0.2) is 0 Å². The van der Waals surface area contributed by atoms with E-state index < -0.39 is 16.2 Å². The van der Waals surface area contributed by atoms with Crippen molar-refractivity contribution in [3.05, 3.63) is 29.8 Å². The van der Waals surface area contributed by atoms with Gasteiger partial charge in [0.1, 0.15) is 0 Å². The highest BCUT2D eigenvalue weighted by Crippen LogP contribution is 2.14. The second-order valence-electron chi connectivity index (χ2n) is 5.41. The van der Waals surface area contributed by atoms with Gasteiger partial charge < -0.3 is 5.11 Å². The summed E-state index contributed by atoms with van der Waals surface area (Å²) < 4.78 is 28.8. The molecule has 1 aromatic rings. The second kappa shape index (κ2) is 9.18. The molecule has 4 nitrogen and oxygen atoms in total. The summed E-state index contributed by atoms with van der Waals surface area (Å²) in [6.45, 7) is 3.86. The molecule has 0 aromatic heterocycles. The van der Waals surface area contributed by atoms with Gasteiger partial charge in [0, 0.05) is 0 Å². The summed E-state index contributed by atoms with van der Waals surface area (Å²) in [6, 6.07) is 6.48. The smallest absolute Gasteiger partial charge is 0.297 e. The number of aliphatic hydroxyl groups excluding tert-OH is 1. The zero-order valence-electron chi connectivity index (χ0n) is 12.9. The molecule has 0 bridgehead atoms. The summed E-state index contributed by atoms with van der Waals surface area (Å²) >= 11 is 0. The summed E-state index contributed by atoms with van der Waals surface area (Å²) in [5, 5.41) is 9.77. The normalized spacial score (nSPS) is 13.3. The van der Waals surface area contributed by atoms with E-state index in [0.717, 1.165) is 24.8 Å². The van der Waals surface area contributed by atoms with Crippen LogP contribution in [0.3, 0.4) is 0 Å². The molecule has 0 aliphatic heterocycles. The molecule has 0 aliphatic rings. The predicted octanol–water partition coefficient (Wildman–Crippen LogP) is 3.42. The van der Waals surface area contributed by atoms with Crippen molar-refractivity contribution in [1.29, 1.82) is 0 Å². The molecule has 1 rings (SSSR count). The fourth-order valence-electron chi connectivity index (χ4n) is 2.01. The molecule has 0 radical (unpaired) electrons. The van der Waals surface area contributed by atoms with Crippen LogP contribution in [0.5, 0.6) is 0 Å². The van der Waals surface area contributed by atoms with E-state index in [1.165, 1.54) is 25.0 Å². The third-order valence-corrected chi connectivity index (χ3v) is 4.66. The number of rotatable bonds is 10. The summed E-state index contributed by atoms with van der Waals surface area (Å²) in [7, 11) is -3.77. The van der Waals surface area contributed by atoms with E-state index in [-0.39, 0.29) is 11.5 Å².